The third kappa shape index (κ3) is 4.25. The third-order valence-electron chi connectivity index (χ3n) is 3.09. The van der Waals surface area contributed by atoms with Crippen LogP contribution in [0.4, 0.5) is 0 Å². The van der Waals surface area contributed by atoms with E-state index in [-0.39, 0.29) is 5.78 Å². The quantitative estimate of drug-likeness (QED) is 0.758. The van der Waals surface area contributed by atoms with Crippen molar-refractivity contribution in [2.24, 2.45) is 0 Å². The molecule has 4 heteroatoms. The third-order valence-corrected chi connectivity index (χ3v) is 3.62. The summed E-state index contributed by atoms with van der Waals surface area (Å²) in [5, 5.41) is 0. The zero-order valence-electron chi connectivity index (χ0n) is 11.4. The number of hydrogen-bond donors (Lipinski definition) is 0. The molecule has 0 atom stereocenters. The molecule has 2 rings (SSSR count). The second-order valence-corrected chi connectivity index (χ2v) is 5.47. The van der Waals surface area contributed by atoms with Gasteiger partial charge in [0.25, 0.3) is 0 Å². The normalized spacial score (nSPS) is 10.8. The van der Waals surface area contributed by atoms with E-state index < -0.39 is 0 Å². The van der Waals surface area contributed by atoms with E-state index in [1.54, 1.807) is 6.20 Å². The van der Waals surface area contributed by atoms with Gasteiger partial charge >= 0.3 is 0 Å². The summed E-state index contributed by atoms with van der Waals surface area (Å²) >= 11 is 3.37. The highest BCUT2D eigenvalue weighted by Crippen LogP contribution is 2.12. The molecule has 1 aromatic carbocycles. The van der Waals surface area contributed by atoms with Crippen LogP contribution in [0.15, 0.2) is 53.1 Å². The number of aromatic nitrogens is 1. The maximum atomic E-state index is 12.2. The van der Waals surface area contributed by atoms with Gasteiger partial charge in [0.05, 0.1) is 12.2 Å². The summed E-state index contributed by atoms with van der Waals surface area (Å²) in [5.41, 5.74) is 1.73. The van der Waals surface area contributed by atoms with E-state index in [2.05, 4.69) is 32.7 Å². The minimum Gasteiger partial charge on any atom is -0.293 e. The molecule has 0 aliphatic heterocycles. The first-order chi connectivity index (χ1) is 9.69. The lowest BCUT2D eigenvalue weighted by Crippen LogP contribution is -2.29. The Bertz CT molecular complexity index is 554. The van der Waals surface area contributed by atoms with E-state index >= 15 is 0 Å². The molecule has 0 fully saturated rings. The maximum absolute atomic E-state index is 12.2. The number of Topliss-reactive ketones (excluding diaryl/α,β-unsaturated/α-hetero) is 1. The molecule has 0 aliphatic carbocycles. The first-order valence-corrected chi connectivity index (χ1v) is 7.39. The van der Waals surface area contributed by atoms with Crippen molar-refractivity contribution in [3.8, 4) is 0 Å². The zero-order chi connectivity index (χ0) is 14.4. The van der Waals surface area contributed by atoms with Crippen molar-refractivity contribution < 1.29 is 4.79 Å². The van der Waals surface area contributed by atoms with Crippen molar-refractivity contribution in [2.75, 3.05) is 13.1 Å². The van der Waals surface area contributed by atoms with Crippen molar-refractivity contribution in [3.05, 3.63) is 64.4 Å². The molecule has 0 radical (unpaired) electrons. The topological polar surface area (TPSA) is 33.2 Å². The van der Waals surface area contributed by atoms with Crippen LogP contribution >= 0.6 is 15.9 Å². The van der Waals surface area contributed by atoms with Crippen LogP contribution in [0.25, 0.3) is 0 Å². The van der Waals surface area contributed by atoms with Crippen molar-refractivity contribution in [1.29, 1.82) is 0 Å². The molecule has 2 aromatic rings. The average Bonchev–Trinajstić information content (AvgIpc) is 2.48. The Hall–Kier alpha value is -1.52. The Labute approximate surface area is 127 Å². The van der Waals surface area contributed by atoms with Crippen LogP contribution < -0.4 is 0 Å². The average molecular weight is 333 g/mol. The van der Waals surface area contributed by atoms with E-state index in [4.69, 9.17) is 0 Å². The van der Waals surface area contributed by atoms with Crippen molar-refractivity contribution in [1.82, 2.24) is 9.88 Å². The van der Waals surface area contributed by atoms with E-state index in [1.165, 1.54) is 0 Å². The second-order valence-electron chi connectivity index (χ2n) is 4.55. The fraction of sp³-hybridized carbons (Fsp3) is 0.250. The summed E-state index contributed by atoms with van der Waals surface area (Å²) in [5.74, 6) is 0.135. The van der Waals surface area contributed by atoms with Gasteiger partial charge in [0.1, 0.15) is 0 Å². The molecule has 1 aromatic heterocycles. The van der Waals surface area contributed by atoms with Crippen LogP contribution in [-0.2, 0) is 6.54 Å². The Kier molecular flexibility index (Phi) is 5.44. The van der Waals surface area contributed by atoms with Gasteiger partial charge < -0.3 is 0 Å². The van der Waals surface area contributed by atoms with Crippen molar-refractivity contribution >= 4 is 21.7 Å². The summed E-state index contributed by atoms with van der Waals surface area (Å²) in [7, 11) is 0. The minimum atomic E-state index is 0.135. The molecule has 0 N–H and O–H groups in total. The number of carbonyl (C=O) groups excluding carboxylic acids is 1. The van der Waals surface area contributed by atoms with Crippen LogP contribution in [0.1, 0.15) is 23.0 Å². The number of pyridine rings is 1. The Balaban J connectivity index is 1.99. The zero-order valence-corrected chi connectivity index (χ0v) is 13.0. The lowest BCUT2D eigenvalue weighted by atomic mass is 10.1. The first kappa shape index (κ1) is 14.9. The summed E-state index contributed by atoms with van der Waals surface area (Å²) in [6, 6.07) is 13.3. The monoisotopic (exact) mass is 332 g/mol. The van der Waals surface area contributed by atoms with E-state index in [1.807, 2.05) is 42.5 Å². The number of halogens is 1. The highest BCUT2D eigenvalue weighted by molar-refractivity contribution is 9.10. The molecule has 104 valence electrons. The number of nitrogens with zero attached hydrogens (tertiary/aromatic N) is 2. The van der Waals surface area contributed by atoms with Gasteiger partial charge in [-0.15, -0.1) is 0 Å². The van der Waals surface area contributed by atoms with Crippen LogP contribution in [-0.4, -0.2) is 28.8 Å². The maximum Gasteiger partial charge on any atom is 0.176 e. The van der Waals surface area contributed by atoms with Gasteiger partial charge in [-0.05, 0) is 30.8 Å². The fourth-order valence-corrected chi connectivity index (χ4v) is 2.19. The van der Waals surface area contributed by atoms with Gasteiger partial charge in [-0.3, -0.25) is 14.7 Å². The largest absolute Gasteiger partial charge is 0.293 e. The number of carbonyl (C=O) groups is 1. The molecule has 0 saturated heterocycles. The van der Waals surface area contributed by atoms with Crippen LogP contribution in [0.3, 0.4) is 0 Å². The molecule has 20 heavy (non-hydrogen) atoms. The predicted molar refractivity (Wildman–Crippen MR) is 83.7 cm³/mol. The van der Waals surface area contributed by atoms with Gasteiger partial charge in [-0.1, -0.05) is 41.1 Å². The molecule has 0 spiro atoms. The molecule has 0 saturated carbocycles. The standard InChI is InChI=1S/C16H17BrN2O/c1-2-19(11-15-5-3-4-10-18-15)12-16(20)13-6-8-14(17)9-7-13/h3-10H,2,11-12H2,1H3. The molecule has 0 bridgehead atoms. The van der Waals surface area contributed by atoms with Gasteiger partial charge in [0, 0.05) is 22.8 Å². The number of rotatable bonds is 6. The number of likely N-dealkylation sites (N-methyl/N-ethyl adjacent to an activating group) is 1. The fourth-order valence-electron chi connectivity index (χ4n) is 1.93. The van der Waals surface area contributed by atoms with Crippen LogP contribution in [0.5, 0.6) is 0 Å². The summed E-state index contributed by atoms with van der Waals surface area (Å²) in [6.07, 6.45) is 1.78. The lowest BCUT2D eigenvalue weighted by molar-refractivity contribution is 0.0929. The molecule has 0 amide bonds. The smallest absolute Gasteiger partial charge is 0.176 e. The SMILES string of the molecule is CCN(CC(=O)c1ccc(Br)cc1)Cc1ccccn1. The van der Waals surface area contributed by atoms with Crippen LogP contribution in [0.2, 0.25) is 0 Å². The highest BCUT2D eigenvalue weighted by Gasteiger charge is 2.12. The van der Waals surface area contributed by atoms with Crippen molar-refractivity contribution in [2.45, 2.75) is 13.5 Å². The Morgan fingerprint density at radius 3 is 2.55 bits per heavy atom. The second kappa shape index (κ2) is 7.31. The van der Waals surface area contributed by atoms with E-state index in [9.17, 15) is 4.79 Å². The van der Waals surface area contributed by atoms with Crippen LogP contribution in [0, 0.1) is 0 Å². The van der Waals surface area contributed by atoms with Gasteiger partial charge in [0.2, 0.25) is 0 Å². The summed E-state index contributed by atoms with van der Waals surface area (Å²) < 4.78 is 0.981. The molecular formula is C16H17BrN2O. The first-order valence-electron chi connectivity index (χ1n) is 6.60. The molecule has 1 heterocycles. The number of hydrogen-bond acceptors (Lipinski definition) is 3. The lowest BCUT2D eigenvalue weighted by Gasteiger charge is -2.19. The van der Waals surface area contributed by atoms with E-state index in [0.717, 1.165) is 22.3 Å². The Morgan fingerprint density at radius 2 is 1.95 bits per heavy atom. The van der Waals surface area contributed by atoms with Gasteiger partial charge in [-0.25, -0.2) is 0 Å². The molecule has 0 aliphatic rings. The number of ketones is 1. The Morgan fingerprint density at radius 1 is 1.20 bits per heavy atom. The molecule has 0 unspecified atom stereocenters. The van der Waals surface area contributed by atoms with Gasteiger partial charge in [-0.2, -0.15) is 0 Å². The number of benzene rings is 1. The highest BCUT2D eigenvalue weighted by atomic mass is 79.9. The molecule has 3 nitrogen and oxygen atoms in total. The van der Waals surface area contributed by atoms with Gasteiger partial charge in [0.15, 0.2) is 5.78 Å². The summed E-state index contributed by atoms with van der Waals surface area (Å²) in [4.78, 5) is 18.6. The molecular weight excluding hydrogens is 316 g/mol. The van der Waals surface area contributed by atoms with Crippen molar-refractivity contribution in [3.63, 3.8) is 0 Å². The minimum absolute atomic E-state index is 0.135. The predicted octanol–water partition coefficient (Wildman–Crippen LogP) is 3.55. The summed E-state index contributed by atoms with van der Waals surface area (Å²) in [6.45, 7) is 3.98. The van der Waals surface area contributed by atoms with E-state index in [0.29, 0.717) is 13.1 Å².